The van der Waals surface area contributed by atoms with E-state index in [1.165, 1.54) is 0 Å². The fourth-order valence-electron chi connectivity index (χ4n) is 1.85. The van der Waals surface area contributed by atoms with Gasteiger partial charge in [0.2, 0.25) is 0 Å². The molecule has 0 amide bonds. The molecule has 106 valence electrons. The number of halogens is 2. The van der Waals surface area contributed by atoms with Crippen molar-refractivity contribution in [2.75, 3.05) is 19.5 Å². The number of hydrogen-bond donors (Lipinski definition) is 1. The number of hydrogen-bond acceptors (Lipinski definition) is 3. The quantitative estimate of drug-likeness (QED) is 0.873. The molecule has 0 radical (unpaired) electrons. The Balaban J connectivity index is 2.14. The zero-order valence-corrected chi connectivity index (χ0v) is 12.8. The lowest BCUT2D eigenvalue weighted by atomic mass is 10.2. The average molecular weight is 312 g/mol. The van der Waals surface area contributed by atoms with Crippen LogP contribution >= 0.6 is 23.2 Å². The second kappa shape index (κ2) is 6.73. The number of benzene rings is 2. The van der Waals surface area contributed by atoms with Gasteiger partial charge in [-0.1, -0.05) is 23.2 Å². The van der Waals surface area contributed by atoms with E-state index in [2.05, 4.69) is 5.32 Å². The summed E-state index contributed by atoms with van der Waals surface area (Å²) in [4.78, 5) is 0. The number of rotatable bonds is 5. The van der Waals surface area contributed by atoms with Crippen molar-refractivity contribution in [3.63, 3.8) is 0 Å². The van der Waals surface area contributed by atoms with Gasteiger partial charge >= 0.3 is 0 Å². The van der Waals surface area contributed by atoms with Gasteiger partial charge in [0, 0.05) is 33.9 Å². The Morgan fingerprint density at radius 1 is 0.950 bits per heavy atom. The fraction of sp³-hybridized carbons (Fsp3) is 0.200. The number of nitrogens with one attached hydrogen (secondary N) is 1. The molecule has 2 aromatic rings. The van der Waals surface area contributed by atoms with E-state index in [4.69, 9.17) is 32.7 Å². The summed E-state index contributed by atoms with van der Waals surface area (Å²) in [7, 11) is 3.26. The third-order valence-electron chi connectivity index (χ3n) is 2.84. The first-order chi connectivity index (χ1) is 9.62. The van der Waals surface area contributed by atoms with Crippen molar-refractivity contribution in [1.29, 1.82) is 0 Å². The van der Waals surface area contributed by atoms with Gasteiger partial charge in [-0.2, -0.15) is 0 Å². The zero-order chi connectivity index (χ0) is 14.5. The lowest BCUT2D eigenvalue weighted by molar-refractivity contribution is 0.391. The van der Waals surface area contributed by atoms with E-state index in [1.807, 2.05) is 30.3 Å². The van der Waals surface area contributed by atoms with Crippen molar-refractivity contribution in [2.45, 2.75) is 6.54 Å². The van der Waals surface area contributed by atoms with Crippen LogP contribution in [0.5, 0.6) is 11.5 Å². The topological polar surface area (TPSA) is 30.5 Å². The van der Waals surface area contributed by atoms with E-state index >= 15 is 0 Å². The highest BCUT2D eigenvalue weighted by Gasteiger charge is 2.05. The van der Waals surface area contributed by atoms with Gasteiger partial charge in [-0.25, -0.2) is 0 Å². The molecule has 2 rings (SSSR count). The van der Waals surface area contributed by atoms with Crippen LogP contribution in [-0.4, -0.2) is 14.2 Å². The van der Waals surface area contributed by atoms with E-state index in [0.717, 1.165) is 22.7 Å². The minimum absolute atomic E-state index is 0.599. The van der Waals surface area contributed by atoms with Crippen LogP contribution in [-0.2, 0) is 6.54 Å². The minimum atomic E-state index is 0.599. The highest BCUT2D eigenvalue weighted by atomic mass is 35.5. The molecule has 5 heteroatoms. The maximum atomic E-state index is 5.96. The Morgan fingerprint density at radius 2 is 1.65 bits per heavy atom. The van der Waals surface area contributed by atoms with Crippen molar-refractivity contribution in [3.05, 3.63) is 52.0 Å². The first kappa shape index (κ1) is 14.8. The molecule has 0 heterocycles. The van der Waals surface area contributed by atoms with Crippen LogP contribution in [0, 0.1) is 0 Å². The standard InChI is InChI=1S/C15H15Cl2NO2/c1-19-14-4-3-10(15(8-14)20-2)9-18-13-6-11(16)5-12(17)7-13/h3-8,18H,9H2,1-2H3. The van der Waals surface area contributed by atoms with Crippen LogP contribution in [0.1, 0.15) is 5.56 Å². The monoisotopic (exact) mass is 311 g/mol. The molecule has 2 aromatic carbocycles. The Hall–Kier alpha value is -1.58. The number of methoxy groups -OCH3 is 2. The van der Waals surface area contributed by atoms with Crippen LogP contribution in [0.2, 0.25) is 10.0 Å². The van der Waals surface area contributed by atoms with E-state index in [0.29, 0.717) is 16.6 Å². The number of anilines is 1. The second-order valence-electron chi connectivity index (χ2n) is 4.19. The Labute approximate surface area is 128 Å². The van der Waals surface area contributed by atoms with Gasteiger partial charge in [-0.15, -0.1) is 0 Å². The predicted octanol–water partition coefficient (Wildman–Crippen LogP) is 4.62. The smallest absolute Gasteiger partial charge is 0.127 e. The molecule has 0 spiro atoms. The van der Waals surface area contributed by atoms with Crippen LogP contribution in [0.15, 0.2) is 36.4 Å². The highest BCUT2D eigenvalue weighted by Crippen LogP contribution is 2.27. The molecular formula is C15H15Cl2NO2. The third-order valence-corrected chi connectivity index (χ3v) is 3.28. The van der Waals surface area contributed by atoms with E-state index in [1.54, 1.807) is 20.3 Å². The lowest BCUT2D eigenvalue weighted by Gasteiger charge is -2.12. The highest BCUT2D eigenvalue weighted by molar-refractivity contribution is 6.35. The molecule has 1 N–H and O–H groups in total. The molecule has 0 atom stereocenters. The van der Waals surface area contributed by atoms with Crippen molar-refractivity contribution in [3.8, 4) is 11.5 Å². The third kappa shape index (κ3) is 3.71. The molecule has 0 saturated carbocycles. The molecule has 20 heavy (non-hydrogen) atoms. The fourth-order valence-corrected chi connectivity index (χ4v) is 2.38. The molecule has 0 aliphatic carbocycles. The summed E-state index contributed by atoms with van der Waals surface area (Å²) in [5.74, 6) is 1.53. The molecule has 0 fully saturated rings. The van der Waals surface area contributed by atoms with Crippen molar-refractivity contribution in [1.82, 2.24) is 0 Å². The molecule has 3 nitrogen and oxygen atoms in total. The molecule has 0 aromatic heterocycles. The largest absolute Gasteiger partial charge is 0.497 e. The first-order valence-corrected chi connectivity index (χ1v) is 6.79. The SMILES string of the molecule is COc1ccc(CNc2cc(Cl)cc(Cl)c2)c(OC)c1. The molecular weight excluding hydrogens is 297 g/mol. The molecule has 0 bridgehead atoms. The van der Waals surface area contributed by atoms with Gasteiger partial charge in [0.25, 0.3) is 0 Å². The second-order valence-corrected chi connectivity index (χ2v) is 5.06. The first-order valence-electron chi connectivity index (χ1n) is 6.03. The maximum Gasteiger partial charge on any atom is 0.127 e. The Morgan fingerprint density at radius 3 is 2.25 bits per heavy atom. The van der Waals surface area contributed by atoms with Crippen molar-refractivity contribution < 1.29 is 9.47 Å². The van der Waals surface area contributed by atoms with E-state index in [9.17, 15) is 0 Å². The van der Waals surface area contributed by atoms with Crippen LogP contribution in [0.3, 0.4) is 0 Å². The number of ether oxygens (including phenoxy) is 2. The zero-order valence-electron chi connectivity index (χ0n) is 11.2. The summed E-state index contributed by atoms with van der Waals surface area (Å²) in [6, 6.07) is 11.0. The predicted molar refractivity (Wildman–Crippen MR) is 83.3 cm³/mol. The van der Waals surface area contributed by atoms with Gasteiger partial charge in [-0.05, 0) is 30.3 Å². The van der Waals surface area contributed by atoms with Crippen LogP contribution < -0.4 is 14.8 Å². The van der Waals surface area contributed by atoms with E-state index in [-0.39, 0.29) is 0 Å². The molecule has 0 unspecified atom stereocenters. The van der Waals surface area contributed by atoms with Gasteiger partial charge in [0.15, 0.2) is 0 Å². The average Bonchev–Trinajstić information content (AvgIpc) is 2.44. The summed E-state index contributed by atoms with van der Waals surface area (Å²) >= 11 is 11.9. The normalized spacial score (nSPS) is 10.2. The van der Waals surface area contributed by atoms with Crippen LogP contribution in [0.25, 0.3) is 0 Å². The summed E-state index contributed by atoms with van der Waals surface area (Å²) in [5.41, 5.74) is 1.88. The van der Waals surface area contributed by atoms with E-state index < -0.39 is 0 Å². The maximum absolute atomic E-state index is 5.96. The summed E-state index contributed by atoms with van der Waals surface area (Å²) in [6.45, 7) is 0.601. The van der Waals surface area contributed by atoms with Crippen LogP contribution in [0.4, 0.5) is 5.69 Å². The van der Waals surface area contributed by atoms with Crippen molar-refractivity contribution in [2.24, 2.45) is 0 Å². The van der Waals surface area contributed by atoms with Gasteiger partial charge < -0.3 is 14.8 Å². The van der Waals surface area contributed by atoms with Gasteiger partial charge in [0.1, 0.15) is 11.5 Å². The van der Waals surface area contributed by atoms with Gasteiger partial charge in [0.05, 0.1) is 14.2 Å². The summed E-state index contributed by atoms with van der Waals surface area (Å²) in [6.07, 6.45) is 0. The molecule has 0 saturated heterocycles. The summed E-state index contributed by atoms with van der Waals surface area (Å²) < 4.78 is 10.5. The van der Waals surface area contributed by atoms with Crippen molar-refractivity contribution >= 4 is 28.9 Å². The van der Waals surface area contributed by atoms with Gasteiger partial charge in [-0.3, -0.25) is 0 Å². The Kier molecular flexibility index (Phi) is 4.99. The molecule has 0 aliphatic heterocycles. The minimum Gasteiger partial charge on any atom is -0.497 e. The Bertz CT molecular complexity index is 582. The summed E-state index contributed by atoms with van der Waals surface area (Å²) in [5, 5.41) is 4.46. The lowest BCUT2D eigenvalue weighted by Crippen LogP contribution is -2.02. The molecule has 0 aliphatic rings.